The minimum absolute atomic E-state index is 0.130. The number of amides is 1. The average Bonchev–Trinajstić information content (AvgIpc) is 2.23. The molecule has 0 saturated heterocycles. The van der Waals surface area contributed by atoms with E-state index in [1.807, 2.05) is 5.32 Å². The van der Waals surface area contributed by atoms with E-state index in [2.05, 4.69) is 0 Å². The summed E-state index contributed by atoms with van der Waals surface area (Å²) >= 11 is 0. The van der Waals surface area contributed by atoms with E-state index in [0.717, 1.165) is 0 Å². The van der Waals surface area contributed by atoms with Crippen molar-refractivity contribution in [3.8, 4) is 5.75 Å². The number of anilines is 1. The Kier molecular flexibility index (Phi) is 3.65. The molecule has 1 amide bonds. The Morgan fingerprint density at radius 1 is 1.24 bits per heavy atom. The van der Waals surface area contributed by atoms with Gasteiger partial charge in [0.2, 0.25) is 0 Å². The number of rotatable bonds is 2. The summed E-state index contributed by atoms with van der Waals surface area (Å²) < 4.78 is 41.2. The Bertz CT molecular complexity index is 441. The molecule has 0 unspecified atom stereocenters. The lowest BCUT2D eigenvalue weighted by molar-refractivity contribution is -0.167. The second kappa shape index (κ2) is 4.65. The summed E-state index contributed by atoms with van der Waals surface area (Å²) in [4.78, 5) is 10.8. The summed E-state index contributed by atoms with van der Waals surface area (Å²) in [5.41, 5.74) is 1.36. The molecule has 0 spiro atoms. The summed E-state index contributed by atoms with van der Waals surface area (Å²) in [5.74, 6) is -1.42. The first kappa shape index (κ1) is 13.3. The molecule has 0 aliphatic heterocycles. The van der Waals surface area contributed by atoms with Gasteiger partial charge in [-0.3, -0.25) is 4.79 Å². The van der Waals surface area contributed by atoms with Crippen molar-refractivity contribution in [3.05, 3.63) is 23.3 Å². The third kappa shape index (κ3) is 2.89. The third-order valence-electron chi connectivity index (χ3n) is 2.46. The van der Waals surface area contributed by atoms with Gasteiger partial charge < -0.3 is 10.1 Å². The monoisotopic (exact) mass is 247 g/mol. The van der Waals surface area contributed by atoms with Gasteiger partial charge >= 0.3 is 12.1 Å². The Balaban J connectivity index is 3.02. The van der Waals surface area contributed by atoms with E-state index in [1.54, 1.807) is 13.8 Å². The fourth-order valence-corrected chi connectivity index (χ4v) is 1.35. The van der Waals surface area contributed by atoms with Gasteiger partial charge in [-0.2, -0.15) is 13.2 Å². The Morgan fingerprint density at radius 2 is 1.82 bits per heavy atom. The van der Waals surface area contributed by atoms with Crippen LogP contribution in [0.15, 0.2) is 12.1 Å². The second-order valence-corrected chi connectivity index (χ2v) is 3.52. The minimum atomic E-state index is -4.89. The van der Waals surface area contributed by atoms with Gasteiger partial charge in [0.15, 0.2) is 0 Å². The van der Waals surface area contributed by atoms with Crippen LogP contribution in [0.3, 0.4) is 0 Å². The second-order valence-electron chi connectivity index (χ2n) is 3.52. The molecule has 0 saturated carbocycles. The molecular formula is C11H12F3NO2. The number of nitrogens with one attached hydrogen (secondary N) is 1. The number of halogens is 3. The molecule has 0 atom stereocenters. The number of hydrogen-bond donors (Lipinski definition) is 1. The van der Waals surface area contributed by atoms with Gasteiger partial charge in [-0.05, 0) is 37.1 Å². The smallest absolute Gasteiger partial charge is 0.471 e. The van der Waals surface area contributed by atoms with Crippen LogP contribution in [0.2, 0.25) is 0 Å². The number of hydrogen-bond acceptors (Lipinski definition) is 2. The Labute approximate surface area is 96.6 Å². The average molecular weight is 247 g/mol. The van der Waals surface area contributed by atoms with E-state index in [0.29, 0.717) is 16.9 Å². The fraction of sp³-hybridized carbons (Fsp3) is 0.364. The van der Waals surface area contributed by atoms with Crippen molar-refractivity contribution in [1.29, 1.82) is 0 Å². The van der Waals surface area contributed by atoms with Crippen LogP contribution in [0.5, 0.6) is 5.75 Å². The number of methoxy groups -OCH3 is 1. The van der Waals surface area contributed by atoms with Crippen LogP contribution < -0.4 is 10.1 Å². The van der Waals surface area contributed by atoms with Crippen molar-refractivity contribution < 1.29 is 22.7 Å². The maximum Gasteiger partial charge on any atom is 0.471 e. The van der Waals surface area contributed by atoms with Gasteiger partial charge in [0.05, 0.1) is 7.11 Å². The van der Waals surface area contributed by atoms with Gasteiger partial charge in [-0.15, -0.1) is 0 Å². The number of carbonyl (C=O) groups is 1. The lowest BCUT2D eigenvalue weighted by Crippen LogP contribution is -2.30. The van der Waals surface area contributed by atoms with E-state index >= 15 is 0 Å². The summed E-state index contributed by atoms with van der Waals surface area (Å²) in [6, 6.07) is 2.89. The van der Waals surface area contributed by atoms with Crippen LogP contribution >= 0.6 is 0 Å². The van der Waals surface area contributed by atoms with E-state index in [1.165, 1.54) is 19.2 Å². The van der Waals surface area contributed by atoms with Crippen molar-refractivity contribution >= 4 is 11.6 Å². The highest BCUT2D eigenvalue weighted by Gasteiger charge is 2.38. The molecule has 0 radical (unpaired) electrons. The summed E-state index contributed by atoms with van der Waals surface area (Å²) in [6.07, 6.45) is -4.89. The fourth-order valence-electron chi connectivity index (χ4n) is 1.35. The standard InChI is InChI=1S/C11H12F3NO2/c1-6-7(2)9(17-3)5-4-8(6)15-10(16)11(12,13)14/h4-5H,1-3H3,(H,15,16). The van der Waals surface area contributed by atoms with Gasteiger partial charge in [-0.25, -0.2) is 0 Å². The Hall–Kier alpha value is -1.72. The predicted molar refractivity (Wildman–Crippen MR) is 57.2 cm³/mol. The van der Waals surface area contributed by atoms with Crippen LogP contribution in [-0.2, 0) is 4.79 Å². The van der Waals surface area contributed by atoms with E-state index in [9.17, 15) is 18.0 Å². The summed E-state index contributed by atoms with van der Waals surface area (Å²) in [6.45, 7) is 3.32. The molecule has 6 heteroatoms. The molecule has 0 aromatic heterocycles. The summed E-state index contributed by atoms with van der Waals surface area (Å²) in [5, 5.41) is 1.82. The molecule has 3 nitrogen and oxygen atoms in total. The van der Waals surface area contributed by atoms with E-state index < -0.39 is 12.1 Å². The highest BCUT2D eigenvalue weighted by Crippen LogP contribution is 2.28. The third-order valence-corrected chi connectivity index (χ3v) is 2.46. The number of alkyl halides is 3. The first-order valence-electron chi connectivity index (χ1n) is 4.79. The molecule has 0 aliphatic rings. The van der Waals surface area contributed by atoms with Crippen molar-refractivity contribution in [2.75, 3.05) is 12.4 Å². The zero-order valence-corrected chi connectivity index (χ0v) is 9.61. The normalized spacial score (nSPS) is 11.2. The van der Waals surface area contributed by atoms with Crippen molar-refractivity contribution in [2.45, 2.75) is 20.0 Å². The lowest BCUT2D eigenvalue weighted by Gasteiger charge is -2.14. The molecule has 94 valence electrons. The lowest BCUT2D eigenvalue weighted by atomic mass is 10.1. The van der Waals surface area contributed by atoms with Crippen LogP contribution in [0.25, 0.3) is 0 Å². The maximum absolute atomic E-state index is 12.1. The molecule has 1 aromatic carbocycles. The molecule has 0 aliphatic carbocycles. The molecule has 1 rings (SSSR count). The molecule has 0 bridgehead atoms. The molecule has 0 fully saturated rings. The van der Waals surface area contributed by atoms with Gasteiger partial charge in [0.1, 0.15) is 5.75 Å². The van der Waals surface area contributed by atoms with Crippen LogP contribution in [0.4, 0.5) is 18.9 Å². The molecule has 0 heterocycles. The Morgan fingerprint density at radius 3 is 2.29 bits per heavy atom. The highest BCUT2D eigenvalue weighted by molar-refractivity contribution is 5.95. The van der Waals surface area contributed by atoms with Gasteiger partial charge in [0.25, 0.3) is 0 Å². The van der Waals surface area contributed by atoms with Crippen LogP contribution in [0.1, 0.15) is 11.1 Å². The van der Waals surface area contributed by atoms with Gasteiger partial charge in [0, 0.05) is 5.69 Å². The minimum Gasteiger partial charge on any atom is -0.496 e. The first-order chi connectivity index (χ1) is 7.77. The van der Waals surface area contributed by atoms with E-state index in [4.69, 9.17) is 4.74 Å². The van der Waals surface area contributed by atoms with E-state index in [-0.39, 0.29) is 5.69 Å². The summed E-state index contributed by atoms with van der Waals surface area (Å²) in [7, 11) is 1.47. The highest BCUT2D eigenvalue weighted by atomic mass is 19.4. The molecule has 1 aromatic rings. The quantitative estimate of drug-likeness (QED) is 0.872. The van der Waals surface area contributed by atoms with Crippen LogP contribution in [0, 0.1) is 13.8 Å². The topological polar surface area (TPSA) is 38.3 Å². The SMILES string of the molecule is COc1ccc(NC(=O)C(F)(F)F)c(C)c1C. The van der Waals surface area contributed by atoms with Crippen LogP contribution in [-0.4, -0.2) is 19.2 Å². The number of ether oxygens (including phenoxy) is 1. The predicted octanol–water partition coefficient (Wildman–Crippen LogP) is 2.81. The van der Waals surface area contributed by atoms with Crippen molar-refractivity contribution in [2.24, 2.45) is 0 Å². The number of benzene rings is 1. The largest absolute Gasteiger partial charge is 0.496 e. The molecular weight excluding hydrogens is 235 g/mol. The first-order valence-corrected chi connectivity index (χ1v) is 4.79. The molecule has 17 heavy (non-hydrogen) atoms. The zero-order chi connectivity index (χ0) is 13.2. The van der Waals surface area contributed by atoms with Gasteiger partial charge in [-0.1, -0.05) is 0 Å². The van der Waals surface area contributed by atoms with Crippen molar-refractivity contribution in [1.82, 2.24) is 0 Å². The maximum atomic E-state index is 12.1. The molecule has 1 N–H and O–H groups in total. The number of carbonyl (C=O) groups excluding carboxylic acids is 1. The zero-order valence-electron chi connectivity index (χ0n) is 9.61. The van der Waals surface area contributed by atoms with Crippen molar-refractivity contribution in [3.63, 3.8) is 0 Å².